The second-order valence-corrected chi connectivity index (χ2v) is 5.65. The van der Waals surface area contributed by atoms with Crippen molar-refractivity contribution in [3.8, 4) is 0 Å². The van der Waals surface area contributed by atoms with Crippen LogP contribution in [0.4, 0.5) is 0 Å². The number of thioether (sulfide) groups is 1. The molecule has 14 heavy (non-hydrogen) atoms. The molecule has 1 aliphatic heterocycles. The van der Waals surface area contributed by atoms with Gasteiger partial charge in [0.15, 0.2) is 0 Å². The Hall–Kier alpha value is 0.270. The Kier molecular flexibility index (Phi) is 4.14. The van der Waals surface area contributed by atoms with Crippen LogP contribution in [0.2, 0.25) is 0 Å². The van der Waals surface area contributed by atoms with E-state index in [-0.39, 0.29) is 6.10 Å². The molecule has 2 fully saturated rings. The lowest BCUT2D eigenvalue weighted by Crippen LogP contribution is -2.46. The molecule has 82 valence electrons. The van der Waals surface area contributed by atoms with E-state index in [2.05, 4.69) is 16.7 Å². The highest BCUT2D eigenvalue weighted by molar-refractivity contribution is 7.99. The zero-order valence-corrected chi connectivity index (χ0v) is 9.64. The van der Waals surface area contributed by atoms with Crippen LogP contribution in [-0.2, 0) is 0 Å². The third kappa shape index (κ3) is 2.65. The number of hydrogen-bond acceptors (Lipinski definition) is 3. The van der Waals surface area contributed by atoms with Gasteiger partial charge in [-0.25, -0.2) is 0 Å². The molecule has 1 saturated carbocycles. The number of nitrogens with zero attached hydrogens (tertiary/aromatic N) is 1. The van der Waals surface area contributed by atoms with E-state index >= 15 is 0 Å². The average Bonchev–Trinajstić information content (AvgIpc) is 2.47. The third-order valence-electron chi connectivity index (χ3n) is 3.42. The highest BCUT2D eigenvalue weighted by Crippen LogP contribution is 2.25. The molecule has 1 heterocycles. The summed E-state index contributed by atoms with van der Waals surface area (Å²) in [6, 6.07) is 0.474. The van der Waals surface area contributed by atoms with Gasteiger partial charge < -0.3 is 5.11 Å². The molecule has 0 amide bonds. The fraction of sp³-hybridized carbons (Fsp3) is 1.00. The molecular weight excluding hydrogens is 194 g/mol. The minimum atomic E-state index is -0.0492. The summed E-state index contributed by atoms with van der Waals surface area (Å²) >= 11 is 2.06. The molecule has 1 N–H and O–H groups in total. The van der Waals surface area contributed by atoms with Crippen LogP contribution in [-0.4, -0.2) is 46.7 Å². The molecule has 0 aromatic rings. The predicted octanol–water partition coefficient (Wildman–Crippen LogP) is 1.73. The van der Waals surface area contributed by atoms with Gasteiger partial charge in [-0.05, 0) is 31.6 Å². The Balaban J connectivity index is 1.90. The van der Waals surface area contributed by atoms with E-state index in [1.165, 1.54) is 50.3 Å². The maximum atomic E-state index is 9.96. The quantitative estimate of drug-likeness (QED) is 0.720. The SMILES string of the molecule is O[C@H]1CCCC[C@@H]1N1CCCSCC1. The first-order valence-corrected chi connectivity index (χ1v) is 7.03. The molecule has 2 nitrogen and oxygen atoms in total. The Labute approximate surface area is 91.1 Å². The minimum absolute atomic E-state index is 0.0492. The third-order valence-corrected chi connectivity index (χ3v) is 4.47. The average molecular weight is 215 g/mol. The van der Waals surface area contributed by atoms with Crippen molar-refractivity contribution < 1.29 is 5.11 Å². The van der Waals surface area contributed by atoms with Crippen LogP contribution in [0.5, 0.6) is 0 Å². The molecule has 2 rings (SSSR count). The smallest absolute Gasteiger partial charge is 0.0695 e. The maximum absolute atomic E-state index is 9.96. The van der Waals surface area contributed by atoms with E-state index < -0.39 is 0 Å². The van der Waals surface area contributed by atoms with E-state index in [0.717, 1.165) is 6.42 Å². The van der Waals surface area contributed by atoms with Crippen molar-refractivity contribution in [1.29, 1.82) is 0 Å². The number of aliphatic hydroxyl groups excluding tert-OH is 1. The lowest BCUT2D eigenvalue weighted by molar-refractivity contribution is 0.0234. The second-order valence-electron chi connectivity index (χ2n) is 4.42. The van der Waals surface area contributed by atoms with Crippen molar-refractivity contribution in [2.75, 3.05) is 24.6 Å². The summed E-state index contributed by atoms with van der Waals surface area (Å²) in [4.78, 5) is 2.53. The molecule has 2 atom stereocenters. The van der Waals surface area contributed by atoms with Gasteiger partial charge in [0.25, 0.3) is 0 Å². The zero-order valence-electron chi connectivity index (χ0n) is 8.82. The summed E-state index contributed by atoms with van der Waals surface area (Å²) in [5.41, 5.74) is 0. The van der Waals surface area contributed by atoms with Crippen molar-refractivity contribution in [3.05, 3.63) is 0 Å². The predicted molar refractivity (Wildman–Crippen MR) is 61.8 cm³/mol. The fourth-order valence-corrected chi connectivity index (χ4v) is 3.52. The lowest BCUT2D eigenvalue weighted by Gasteiger charge is -2.36. The highest BCUT2D eigenvalue weighted by Gasteiger charge is 2.28. The number of aliphatic hydroxyl groups is 1. The van der Waals surface area contributed by atoms with Crippen LogP contribution in [0, 0.1) is 0 Å². The van der Waals surface area contributed by atoms with Gasteiger partial charge in [0.2, 0.25) is 0 Å². The van der Waals surface area contributed by atoms with Crippen molar-refractivity contribution in [1.82, 2.24) is 4.90 Å². The van der Waals surface area contributed by atoms with Gasteiger partial charge in [-0.2, -0.15) is 11.8 Å². The van der Waals surface area contributed by atoms with Gasteiger partial charge in [-0.1, -0.05) is 12.8 Å². The molecule has 3 heteroatoms. The summed E-state index contributed by atoms with van der Waals surface area (Å²) in [5, 5.41) is 9.96. The molecule has 0 unspecified atom stereocenters. The van der Waals surface area contributed by atoms with Crippen molar-refractivity contribution in [2.45, 2.75) is 44.2 Å². The first kappa shape index (κ1) is 10.8. The molecule has 1 aliphatic carbocycles. The zero-order chi connectivity index (χ0) is 9.80. The molecular formula is C11H21NOS. The normalized spacial score (nSPS) is 36.6. The molecule has 0 radical (unpaired) electrons. The Morgan fingerprint density at radius 2 is 1.86 bits per heavy atom. The molecule has 0 bridgehead atoms. The summed E-state index contributed by atoms with van der Waals surface area (Å²) in [5.74, 6) is 2.56. The standard InChI is InChI=1S/C11H21NOS/c13-11-5-2-1-4-10(11)12-6-3-8-14-9-7-12/h10-11,13H,1-9H2/t10-,11-/m0/s1. The van der Waals surface area contributed by atoms with Crippen LogP contribution in [0.15, 0.2) is 0 Å². The van der Waals surface area contributed by atoms with Gasteiger partial charge in [0.1, 0.15) is 0 Å². The van der Waals surface area contributed by atoms with E-state index in [1.807, 2.05) is 0 Å². The summed E-state index contributed by atoms with van der Waals surface area (Å²) in [7, 11) is 0. The number of hydrogen-bond donors (Lipinski definition) is 1. The first-order valence-electron chi connectivity index (χ1n) is 5.88. The van der Waals surface area contributed by atoms with Crippen molar-refractivity contribution in [3.63, 3.8) is 0 Å². The van der Waals surface area contributed by atoms with Gasteiger partial charge in [-0.3, -0.25) is 4.90 Å². The van der Waals surface area contributed by atoms with E-state index in [4.69, 9.17) is 0 Å². The molecule has 1 saturated heterocycles. The van der Waals surface area contributed by atoms with Gasteiger partial charge in [0, 0.05) is 18.3 Å². The summed E-state index contributed by atoms with van der Waals surface area (Å²) < 4.78 is 0. The van der Waals surface area contributed by atoms with Gasteiger partial charge >= 0.3 is 0 Å². The van der Waals surface area contributed by atoms with Gasteiger partial charge in [0.05, 0.1) is 6.10 Å². The minimum Gasteiger partial charge on any atom is -0.391 e. The van der Waals surface area contributed by atoms with Crippen LogP contribution in [0.25, 0.3) is 0 Å². The first-order chi connectivity index (χ1) is 6.88. The Morgan fingerprint density at radius 3 is 2.71 bits per heavy atom. The largest absolute Gasteiger partial charge is 0.391 e. The van der Waals surface area contributed by atoms with Crippen molar-refractivity contribution in [2.24, 2.45) is 0 Å². The molecule has 0 aromatic carbocycles. The van der Waals surface area contributed by atoms with Crippen LogP contribution < -0.4 is 0 Å². The monoisotopic (exact) mass is 215 g/mol. The van der Waals surface area contributed by atoms with E-state index in [9.17, 15) is 5.11 Å². The molecule has 0 spiro atoms. The van der Waals surface area contributed by atoms with Crippen LogP contribution in [0.3, 0.4) is 0 Å². The Morgan fingerprint density at radius 1 is 1.00 bits per heavy atom. The Bertz CT molecular complexity index is 169. The van der Waals surface area contributed by atoms with Crippen LogP contribution >= 0.6 is 11.8 Å². The van der Waals surface area contributed by atoms with Gasteiger partial charge in [-0.15, -0.1) is 0 Å². The highest BCUT2D eigenvalue weighted by atomic mass is 32.2. The molecule has 2 aliphatic rings. The number of rotatable bonds is 1. The van der Waals surface area contributed by atoms with E-state index in [0.29, 0.717) is 6.04 Å². The maximum Gasteiger partial charge on any atom is 0.0695 e. The second kappa shape index (κ2) is 5.38. The summed E-state index contributed by atoms with van der Waals surface area (Å²) in [6.07, 6.45) is 6.02. The topological polar surface area (TPSA) is 23.5 Å². The van der Waals surface area contributed by atoms with Crippen molar-refractivity contribution >= 4 is 11.8 Å². The molecule has 0 aromatic heterocycles. The summed E-state index contributed by atoms with van der Waals surface area (Å²) in [6.45, 7) is 2.39. The van der Waals surface area contributed by atoms with Crippen LogP contribution in [0.1, 0.15) is 32.1 Å². The fourth-order valence-electron chi connectivity index (χ4n) is 2.61. The lowest BCUT2D eigenvalue weighted by atomic mass is 9.91. The van der Waals surface area contributed by atoms with E-state index in [1.54, 1.807) is 0 Å².